The molecule has 1 aromatic carbocycles. The van der Waals surface area contributed by atoms with E-state index in [1.54, 1.807) is 19.9 Å². The molecule has 1 N–H and O–H groups in total. The lowest BCUT2D eigenvalue weighted by molar-refractivity contribution is -0.149. The van der Waals surface area contributed by atoms with Gasteiger partial charge in [-0.3, -0.25) is 9.69 Å². The fourth-order valence-electron chi connectivity index (χ4n) is 1.88. The molecule has 18 heavy (non-hydrogen) atoms. The fraction of sp³-hybridized carbons (Fsp3) is 0.500. The smallest absolute Gasteiger partial charge is 0.323 e. The van der Waals surface area contributed by atoms with Gasteiger partial charge < -0.3 is 5.11 Å². The van der Waals surface area contributed by atoms with Gasteiger partial charge in [0.2, 0.25) is 0 Å². The van der Waals surface area contributed by atoms with Gasteiger partial charge in [0.15, 0.2) is 0 Å². The Morgan fingerprint density at radius 1 is 1.44 bits per heavy atom. The zero-order valence-corrected chi connectivity index (χ0v) is 11.3. The lowest BCUT2D eigenvalue weighted by atomic mass is 10.0. The third kappa shape index (κ3) is 3.07. The Bertz CT molecular complexity index is 443. The minimum Gasteiger partial charge on any atom is -0.480 e. The Morgan fingerprint density at radius 2 is 2.06 bits per heavy atom. The summed E-state index contributed by atoms with van der Waals surface area (Å²) in [5.74, 6) is -1.12. The fourth-order valence-corrected chi connectivity index (χ4v) is 1.88. The number of hydrogen-bond acceptors (Lipinski definition) is 2. The highest BCUT2D eigenvalue weighted by Gasteiger charge is 2.33. The highest BCUT2D eigenvalue weighted by Crippen LogP contribution is 2.20. The van der Waals surface area contributed by atoms with Gasteiger partial charge >= 0.3 is 5.97 Å². The molecule has 0 aliphatic heterocycles. The molecule has 0 spiro atoms. The quantitative estimate of drug-likeness (QED) is 0.877. The first-order valence-electron chi connectivity index (χ1n) is 6.02. The number of hydrogen-bond donors (Lipinski definition) is 1. The van der Waals surface area contributed by atoms with Crippen molar-refractivity contribution in [1.29, 1.82) is 0 Å². The minimum absolute atomic E-state index is 0.267. The zero-order chi connectivity index (χ0) is 13.9. The molecular formula is C14H20FNO2. The molecule has 0 radical (unpaired) electrons. The molecule has 0 atom stereocenters. The summed E-state index contributed by atoms with van der Waals surface area (Å²) in [7, 11) is 0. The van der Waals surface area contributed by atoms with Crippen LogP contribution in [-0.4, -0.2) is 28.1 Å². The molecule has 0 fully saturated rings. The molecule has 0 saturated heterocycles. The molecule has 0 aromatic heterocycles. The number of carboxylic acid groups (broad SMARTS) is 1. The second-order valence-corrected chi connectivity index (χ2v) is 4.95. The van der Waals surface area contributed by atoms with Crippen LogP contribution in [0.4, 0.5) is 4.39 Å². The average Bonchev–Trinajstić information content (AvgIpc) is 2.27. The first-order chi connectivity index (χ1) is 8.28. The van der Waals surface area contributed by atoms with Crippen molar-refractivity contribution < 1.29 is 14.3 Å². The van der Waals surface area contributed by atoms with E-state index in [1.165, 1.54) is 12.1 Å². The highest BCUT2D eigenvalue weighted by molar-refractivity contribution is 5.77. The van der Waals surface area contributed by atoms with Crippen LogP contribution < -0.4 is 0 Å². The van der Waals surface area contributed by atoms with Crippen molar-refractivity contribution in [2.75, 3.05) is 6.54 Å². The van der Waals surface area contributed by atoms with Crippen LogP contribution in [-0.2, 0) is 11.3 Å². The number of likely N-dealkylation sites (N-methyl/N-ethyl adjacent to an activating group) is 1. The SMILES string of the molecule is CCN(Cc1ccc(F)cc1C)C(C)(C)C(=O)O. The van der Waals surface area contributed by atoms with E-state index in [4.69, 9.17) is 0 Å². The maximum absolute atomic E-state index is 13.0. The summed E-state index contributed by atoms with van der Waals surface area (Å²) in [4.78, 5) is 13.1. The summed E-state index contributed by atoms with van der Waals surface area (Å²) in [5, 5.41) is 9.23. The van der Waals surface area contributed by atoms with Crippen molar-refractivity contribution in [3.05, 3.63) is 35.1 Å². The lowest BCUT2D eigenvalue weighted by Gasteiger charge is -2.34. The van der Waals surface area contributed by atoms with Crippen LogP contribution in [0.25, 0.3) is 0 Å². The lowest BCUT2D eigenvalue weighted by Crippen LogP contribution is -2.49. The maximum Gasteiger partial charge on any atom is 0.323 e. The third-order valence-electron chi connectivity index (χ3n) is 3.36. The monoisotopic (exact) mass is 253 g/mol. The molecule has 0 aliphatic rings. The van der Waals surface area contributed by atoms with E-state index in [2.05, 4.69) is 0 Å². The standard InChI is InChI=1S/C14H20FNO2/c1-5-16(14(3,4)13(17)18)9-11-6-7-12(15)8-10(11)2/h6-8H,5,9H2,1-4H3,(H,17,18). The number of aryl methyl sites for hydroxylation is 1. The molecule has 0 unspecified atom stereocenters. The van der Waals surface area contributed by atoms with E-state index in [9.17, 15) is 14.3 Å². The third-order valence-corrected chi connectivity index (χ3v) is 3.36. The number of carboxylic acids is 1. The second kappa shape index (κ2) is 5.48. The van der Waals surface area contributed by atoms with E-state index >= 15 is 0 Å². The zero-order valence-electron chi connectivity index (χ0n) is 11.3. The Labute approximate surface area is 107 Å². The van der Waals surface area contributed by atoms with Crippen LogP contribution in [0.5, 0.6) is 0 Å². The normalized spacial score (nSPS) is 11.9. The summed E-state index contributed by atoms with van der Waals surface area (Å²) in [6.45, 7) is 8.23. The number of carbonyl (C=O) groups is 1. The van der Waals surface area contributed by atoms with Crippen LogP contribution >= 0.6 is 0 Å². The van der Waals surface area contributed by atoms with Gasteiger partial charge in [0, 0.05) is 6.54 Å². The molecule has 0 heterocycles. The molecule has 4 heteroatoms. The largest absolute Gasteiger partial charge is 0.480 e. The van der Waals surface area contributed by atoms with Crippen molar-refractivity contribution in [3.63, 3.8) is 0 Å². The summed E-state index contributed by atoms with van der Waals surface area (Å²) in [6, 6.07) is 4.59. The Balaban J connectivity index is 2.96. The van der Waals surface area contributed by atoms with Crippen LogP contribution in [0.15, 0.2) is 18.2 Å². The highest BCUT2D eigenvalue weighted by atomic mass is 19.1. The van der Waals surface area contributed by atoms with Gasteiger partial charge in [-0.25, -0.2) is 4.39 Å². The summed E-state index contributed by atoms with van der Waals surface area (Å²) in [6.07, 6.45) is 0. The topological polar surface area (TPSA) is 40.5 Å². The number of nitrogens with zero attached hydrogens (tertiary/aromatic N) is 1. The van der Waals surface area contributed by atoms with Gasteiger partial charge in [-0.15, -0.1) is 0 Å². The average molecular weight is 253 g/mol. The van der Waals surface area contributed by atoms with Crippen molar-refractivity contribution in [2.45, 2.75) is 39.8 Å². The Hall–Kier alpha value is -1.42. The number of aliphatic carboxylic acids is 1. The second-order valence-electron chi connectivity index (χ2n) is 4.95. The van der Waals surface area contributed by atoms with Crippen LogP contribution in [0.2, 0.25) is 0 Å². The summed E-state index contributed by atoms with van der Waals surface area (Å²) >= 11 is 0. The molecular weight excluding hydrogens is 233 g/mol. The number of benzene rings is 1. The van der Waals surface area contributed by atoms with Crippen LogP contribution in [0, 0.1) is 12.7 Å². The van der Waals surface area contributed by atoms with Gasteiger partial charge in [-0.2, -0.15) is 0 Å². The molecule has 0 bridgehead atoms. The van der Waals surface area contributed by atoms with Crippen molar-refractivity contribution >= 4 is 5.97 Å². The van der Waals surface area contributed by atoms with E-state index in [0.29, 0.717) is 13.1 Å². The minimum atomic E-state index is -0.935. The molecule has 3 nitrogen and oxygen atoms in total. The first kappa shape index (κ1) is 14.6. The summed E-state index contributed by atoms with van der Waals surface area (Å²) < 4.78 is 13.0. The maximum atomic E-state index is 13.0. The first-order valence-corrected chi connectivity index (χ1v) is 6.02. The van der Waals surface area contributed by atoms with Gasteiger partial charge in [0.1, 0.15) is 11.4 Å². The molecule has 0 aliphatic carbocycles. The predicted molar refractivity (Wildman–Crippen MR) is 68.9 cm³/mol. The van der Waals surface area contributed by atoms with Crippen molar-refractivity contribution in [2.24, 2.45) is 0 Å². The van der Waals surface area contributed by atoms with Crippen LogP contribution in [0.3, 0.4) is 0 Å². The summed E-state index contributed by atoms with van der Waals surface area (Å²) in [5.41, 5.74) is 0.859. The van der Waals surface area contributed by atoms with Gasteiger partial charge in [-0.05, 0) is 50.6 Å². The van der Waals surface area contributed by atoms with E-state index < -0.39 is 11.5 Å². The van der Waals surface area contributed by atoms with E-state index in [1.807, 2.05) is 18.7 Å². The van der Waals surface area contributed by atoms with E-state index in [-0.39, 0.29) is 5.82 Å². The molecule has 0 saturated carbocycles. The van der Waals surface area contributed by atoms with Gasteiger partial charge in [-0.1, -0.05) is 13.0 Å². The van der Waals surface area contributed by atoms with Crippen molar-refractivity contribution in [1.82, 2.24) is 4.90 Å². The van der Waals surface area contributed by atoms with Crippen LogP contribution in [0.1, 0.15) is 31.9 Å². The number of rotatable bonds is 5. The number of halogens is 1. The molecule has 0 amide bonds. The van der Waals surface area contributed by atoms with Gasteiger partial charge in [0.05, 0.1) is 0 Å². The van der Waals surface area contributed by atoms with Crippen molar-refractivity contribution in [3.8, 4) is 0 Å². The Morgan fingerprint density at radius 3 is 2.50 bits per heavy atom. The van der Waals surface area contributed by atoms with E-state index in [0.717, 1.165) is 11.1 Å². The Kier molecular flexibility index (Phi) is 4.46. The molecule has 1 aromatic rings. The molecule has 100 valence electrons. The molecule has 1 rings (SSSR count). The van der Waals surface area contributed by atoms with Gasteiger partial charge in [0.25, 0.3) is 0 Å². The predicted octanol–water partition coefficient (Wildman–Crippen LogP) is 2.82.